The third-order valence-corrected chi connectivity index (χ3v) is 5.27. The van der Waals surface area contributed by atoms with Crippen molar-refractivity contribution in [2.45, 2.75) is 83.5 Å². The van der Waals surface area contributed by atoms with Gasteiger partial charge in [0.05, 0.1) is 6.67 Å². The molecule has 0 rings (SSSR count). The van der Waals surface area contributed by atoms with Gasteiger partial charge >= 0.3 is 0 Å². The van der Waals surface area contributed by atoms with Gasteiger partial charge in [0.25, 0.3) is 0 Å². The van der Waals surface area contributed by atoms with Crippen molar-refractivity contribution in [3.05, 3.63) is 0 Å². The van der Waals surface area contributed by atoms with Crippen molar-refractivity contribution in [1.29, 1.82) is 0 Å². The summed E-state index contributed by atoms with van der Waals surface area (Å²) in [4.78, 5) is 0. The van der Waals surface area contributed by atoms with Gasteiger partial charge in [-0.1, -0.05) is 57.8 Å². The van der Waals surface area contributed by atoms with Crippen LogP contribution in [0, 0.1) is 0 Å². The number of hydrogen-bond acceptors (Lipinski definition) is 2. The molecule has 0 aliphatic carbocycles. The predicted octanol–water partition coefficient (Wildman–Crippen LogP) is 4.77. The predicted molar refractivity (Wildman–Crippen MR) is 91.0 cm³/mol. The highest BCUT2D eigenvalue weighted by Crippen LogP contribution is 2.09. The summed E-state index contributed by atoms with van der Waals surface area (Å²) in [5.74, 6) is 1.71. The topological polar surface area (TPSA) is 37.3 Å². The van der Waals surface area contributed by atoms with Crippen LogP contribution in [0.4, 0.5) is 4.39 Å². The first-order valence-electron chi connectivity index (χ1n) is 8.83. The summed E-state index contributed by atoms with van der Waals surface area (Å²) >= 11 is 0. The lowest BCUT2D eigenvalue weighted by atomic mass is 10.1. The molecule has 0 radical (unpaired) electrons. The minimum absolute atomic E-state index is 0.189. The van der Waals surface area contributed by atoms with Gasteiger partial charge in [0.15, 0.2) is 0 Å². The average Bonchev–Trinajstić information content (AvgIpc) is 2.49. The molecular weight excluding hydrogens is 287 g/mol. The molecule has 2 nitrogen and oxygen atoms in total. The third kappa shape index (κ3) is 18.0. The fourth-order valence-corrected chi connectivity index (χ4v) is 3.68. The molecule has 21 heavy (non-hydrogen) atoms. The van der Waals surface area contributed by atoms with Crippen molar-refractivity contribution in [3.63, 3.8) is 0 Å². The van der Waals surface area contributed by atoms with Crippen molar-refractivity contribution in [2.24, 2.45) is 0 Å². The van der Waals surface area contributed by atoms with E-state index in [2.05, 4.69) is 0 Å². The number of unbranched alkanes of at least 4 members (excludes halogenated alkanes) is 11. The SMILES string of the molecule is O=[S@@](CCCCCCCCF)CCCCCCCCCO. The van der Waals surface area contributed by atoms with Gasteiger partial charge in [-0.2, -0.15) is 0 Å². The van der Waals surface area contributed by atoms with Crippen LogP contribution < -0.4 is 0 Å². The lowest BCUT2D eigenvalue weighted by Crippen LogP contribution is -2.02. The minimum atomic E-state index is -0.632. The Hall–Kier alpha value is 0.0400. The van der Waals surface area contributed by atoms with Gasteiger partial charge in [0.1, 0.15) is 0 Å². The van der Waals surface area contributed by atoms with E-state index in [0.29, 0.717) is 13.0 Å². The molecule has 0 bridgehead atoms. The van der Waals surface area contributed by atoms with Gasteiger partial charge in [0.2, 0.25) is 0 Å². The summed E-state index contributed by atoms with van der Waals surface area (Å²) in [5.41, 5.74) is 0. The Labute approximate surface area is 133 Å². The lowest BCUT2D eigenvalue weighted by molar-refractivity contribution is 0.282. The van der Waals surface area contributed by atoms with Crippen LogP contribution in [0.25, 0.3) is 0 Å². The van der Waals surface area contributed by atoms with Gasteiger partial charge in [-0.3, -0.25) is 8.60 Å². The van der Waals surface area contributed by atoms with Gasteiger partial charge in [0, 0.05) is 28.9 Å². The summed E-state index contributed by atoms with van der Waals surface area (Å²) in [6.45, 7) is 0.125. The molecule has 0 aliphatic rings. The third-order valence-electron chi connectivity index (χ3n) is 3.79. The highest BCUT2D eigenvalue weighted by atomic mass is 32.2. The summed E-state index contributed by atoms with van der Waals surface area (Å²) < 4.78 is 23.7. The van der Waals surface area contributed by atoms with E-state index >= 15 is 0 Å². The van der Waals surface area contributed by atoms with Crippen molar-refractivity contribution < 1.29 is 13.7 Å². The molecule has 1 N–H and O–H groups in total. The van der Waals surface area contributed by atoms with Crippen LogP contribution in [0.5, 0.6) is 0 Å². The zero-order valence-corrected chi connectivity index (χ0v) is 14.5. The highest BCUT2D eigenvalue weighted by Gasteiger charge is 2.00. The molecule has 0 saturated carbocycles. The van der Waals surface area contributed by atoms with Crippen LogP contribution in [-0.4, -0.2) is 34.1 Å². The van der Waals surface area contributed by atoms with E-state index in [1.807, 2.05) is 0 Å². The maximum Gasteiger partial charge on any atom is 0.0894 e. The molecule has 0 aromatic carbocycles. The first-order valence-corrected chi connectivity index (χ1v) is 10.3. The molecule has 0 amide bonds. The number of hydrogen-bond donors (Lipinski definition) is 1. The molecule has 128 valence electrons. The smallest absolute Gasteiger partial charge is 0.0894 e. The van der Waals surface area contributed by atoms with E-state index in [1.165, 1.54) is 25.7 Å². The maximum absolute atomic E-state index is 11.9. The number of rotatable bonds is 17. The Morgan fingerprint density at radius 1 is 0.619 bits per heavy atom. The normalized spacial score (nSPS) is 12.7. The zero-order chi connectivity index (χ0) is 15.6. The van der Waals surface area contributed by atoms with E-state index in [-0.39, 0.29) is 6.67 Å². The number of halogens is 1. The van der Waals surface area contributed by atoms with E-state index in [0.717, 1.165) is 62.9 Å². The van der Waals surface area contributed by atoms with Crippen LogP contribution >= 0.6 is 0 Å². The van der Waals surface area contributed by atoms with Crippen molar-refractivity contribution in [3.8, 4) is 0 Å². The number of aliphatic hydroxyl groups excluding tert-OH is 1. The molecule has 0 aromatic rings. The summed E-state index contributed by atoms with van der Waals surface area (Å²) in [6.07, 6.45) is 14.2. The van der Waals surface area contributed by atoms with Crippen molar-refractivity contribution in [2.75, 3.05) is 24.8 Å². The summed E-state index contributed by atoms with van der Waals surface area (Å²) in [5, 5.41) is 8.66. The fourth-order valence-electron chi connectivity index (χ4n) is 2.43. The second kappa shape index (κ2) is 18.1. The molecule has 0 aromatic heterocycles. The van der Waals surface area contributed by atoms with Gasteiger partial charge in [-0.05, 0) is 25.7 Å². The van der Waals surface area contributed by atoms with Gasteiger partial charge < -0.3 is 5.11 Å². The molecule has 0 heterocycles. The highest BCUT2D eigenvalue weighted by molar-refractivity contribution is 7.84. The molecule has 1 atom stereocenters. The van der Waals surface area contributed by atoms with Gasteiger partial charge in [-0.25, -0.2) is 0 Å². The quantitative estimate of drug-likeness (QED) is 0.392. The second-order valence-corrected chi connectivity index (χ2v) is 7.55. The van der Waals surface area contributed by atoms with Crippen LogP contribution in [0.2, 0.25) is 0 Å². The van der Waals surface area contributed by atoms with Crippen molar-refractivity contribution in [1.82, 2.24) is 0 Å². The molecule has 0 aliphatic heterocycles. The molecule has 0 fully saturated rings. The Morgan fingerprint density at radius 3 is 1.43 bits per heavy atom. The van der Waals surface area contributed by atoms with Crippen LogP contribution in [-0.2, 0) is 10.8 Å². The molecule has 0 saturated heterocycles. The van der Waals surface area contributed by atoms with Crippen molar-refractivity contribution >= 4 is 10.8 Å². The standard InChI is InChI=1S/C17H35FO2S/c18-14-10-6-2-5-9-13-17-21(20)16-12-8-4-1-3-7-11-15-19/h19H,1-17H2/t21-/m1/s1. The molecular formula is C17H35FO2S. The Balaban J connectivity index is 3.13. The van der Waals surface area contributed by atoms with Crippen LogP contribution in [0.3, 0.4) is 0 Å². The molecule has 0 unspecified atom stereocenters. The first kappa shape index (κ1) is 21.0. The van der Waals surface area contributed by atoms with E-state index in [1.54, 1.807) is 0 Å². The Kier molecular flexibility index (Phi) is 18.1. The average molecular weight is 323 g/mol. The Morgan fingerprint density at radius 2 is 1.00 bits per heavy atom. The number of alkyl halides is 1. The van der Waals surface area contributed by atoms with Crippen LogP contribution in [0.1, 0.15) is 83.5 Å². The fraction of sp³-hybridized carbons (Fsp3) is 1.00. The van der Waals surface area contributed by atoms with E-state index in [9.17, 15) is 8.60 Å². The minimum Gasteiger partial charge on any atom is -0.396 e. The summed E-state index contributed by atoms with van der Waals surface area (Å²) in [7, 11) is -0.632. The molecule has 0 spiro atoms. The molecule has 4 heteroatoms. The van der Waals surface area contributed by atoms with E-state index in [4.69, 9.17) is 5.11 Å². The number of aliphatic hydroxyl groups is 1. The Bertz CT molecular complexity index is 225. The van der Waals surface area contributed by atoms with E-state index < -0.39 is 10.8 Å². The summed E-state index contributed by atoms with van der Waals surface area (Å²) in [6, 6.07) is 0. The maximum atomic E-state index is 11.9. The second-order valence-electron chi connectivity index (χ2n) is 5.86. The lowest BCUT2D eigenvalue weighted by Gasteiger charge is -2.03. The first-order chi connectivity index (χ1) is 10.3. The largest absolute Gasteiger partial charge is 0.396 e. The monoisotopic (exact) mass is 322 g/mol. The zero-order valence-electron chi connectivity index (χ0n) is 13.7. The van der Waals surface area contributed by atoms with Crippen LogP contribution in [0.15, 0.2) is 0 Å². The van der Waals surface area contributed by atoms with Gasteiger partial charge in [-0.15, -0.1) is 0 Å².